The molecule has 3 aromatic rings. The fraction of sp³-hybridized carbons (Fsp3) is 0.273. The van der Waals surface area contributed by atoms with Gasteiger partial charge >= 0.3 is 0 Å². The van der Waals surface area contributed by atoms with Crippen LogP contribution in [-0.4, -0.2) is 51.8 Å². The first kappa shape index (κ1) is 19.6. The molecule has 0 spiro atoms. The molecule has 152 valence electrons. The molecule has 4 rings (SSSR count). The lowest BCUT2D eigenvalue weighted by Crippen LogP contribution is -2.49. The van der Waals surface area contributed by atoms with E-state index in [1.54, 1.807) is 46.2 Å². The summed E-state index contributed by atoms with van der Waals surface area (Å²) in [6, 6.07) is 11.7. The van der Waals surface area contributed by atoms with Gasteiger partial charge in [-0.05, 0) is 42.8 Å². The topological polar surface area (TPSA) is 78.1 Å². The van der Waals surface area contributed by atoms with Crippen LogP contribution in [0.1, 0.15) is 28.5 Å². The molecular formula is C22H21FN6O. The number of aromatic nitrogens is 3. The van der Waals surface area contributed by atoms with Gasteiger partial charge in [-0.15, -0.1) is 0 Å². The summed E-state index contributed by atoms with van der Waals surface area (Å²) < 4.78 is 14.9. The maximum absolute atomic E-state index is 13.2. The number of benzene rings is 1. The largest absolute Gasteiger partial charge is 0.352 e. The number of hydrogen-bond donors (Lipinski definition) is 0. The summed E-state index contributed by atoms with van der Waals surface area (Å²) in [5, 5.41) is 13.7. The third-order valence-electron chi connectivity index (χ3n) is 5.28. The van der Waals surface area contributed by atoms with Crippen molar-refractivity contribution in [1.82, 2.24) is 19.7 Å². The number of anilines is 1. The van der Waals surface area contributed by atoms with Gasteiger partial charge in [0.1, 0.15) is 17.7 Å². The van der Waals surface area contributed by atoms with Gasteiger partial charge in [-0.25, -0.2) is 14.1 Å². The van der Waals surface area contributed by atoms with Gasteiger partial charge in [0.05, 0.1) is 28.7 Å². The van der Waals surface area contributed by atoms with E-state index >= 15 is 0 Å². The number of carbonyl (C=O) groups excluding carboxylic acids is 1. The van der Waals surface area contributed by atoms with Crippen molar-refractivity contribution in [3.8, 4) is 11.8 Å². The first-order valence-electron chi connectivity index (χ1n) is 9.84. The number of nitriles is 1. The fourth-order valence-electron chi connectivity index (χ4n) is 3.73. The van der Waals surface area contributed by atoms with Crippen molar-refractivity contribution in [3.63, 3.8) is 0 Å². The van der Waals surface area contributed by atoms with Crippen LogP contribution in [0.4, 0.5) is 10.2 Å². The molecule has 3 heterocycles. The predicted molar refractivity (Wildman–Crippen MR) is 110 cm³/mol. The van der Waals surface area contributed by atoms with Crippen LogP contribution in [0.3, 0.4) is 0 Å². The Bertz CT molecular complexity index is 1090. The van der Waals surface area contributed by atoms with Crippen LogP contribution >= 0.6 is 0 Å². The summed E-state index contributed by atoms with van der Waals surface area (Å²) in [4.78, 5) is 21.3. The van der Waals surface area contributed by atoms with Crippen molar-refractivity contribution in [2.24, 2.45) is 0 Å². The third-order valence-corrected chi connectivity index (χ3v) is 5.28. The molecule has 0 radical (unpaired) electrons. The molecule has 30 heavy (non-hydrogen) atoms. The Labute approximate surface area is 174 Å². The number of rotatable bonds is 4. The molecule has 0 N–H and O–H groups in total. The number of nitrogens with zero attached hydrogens (tertiary/aromatic N) is 6. The Balaban J connectivity index is 1.51. The highest BCUT2D eigenvalue weighted by Gasteiger charge is 2.27. The molecule has 7 nitrogen and oxygen atoms in total. The van der Waals surface area contributed by atoms with E-state index in [1.807, 2.05) is 11.8 Å². The zero-order valence-corrected chi connectivity index (χ0v) is 16.6. The van der Waals surface area contributed by atoms with Crippen LogP contribution in [0, 0.1) is 17.1 Å². The Hall–Kier alpha value is -3.73. The lowest BCUT2D eigenvalue weighted by atomic mass is 10.1. The molecule has 1 fully saturated rings. The quantitative estimate of drug-likeness (QED) is 0.668. The molecule has 1 saturated heterocycles. The van der Waals surface area contributed by atoms with Gasteiger partial charge in [0, 0.05) is 32.4 Å². The van der Waals surface area contributed by atoms with Gasteiger partial charge < -0.3 is 9.80 Å². The SMILES string of the molecule is CCc1c(C(=O)N2CCN(c3ncccc3C#N)CC2)cnn1-c1ccc(F)cc1. The van der Waals surface area contributed by atoms with E-state index in [9.17, 15) is 14.4 Å². The minimum Gasteiger partial charge on any atom is -0.352 e. The maximum atomic E-state index is 13.2. The lowest BCUT2D eigenvalue weighted by Gasteiger charge is -2.35. The summed E-state index contributed by atoms with van der Waals surface area (Å²) in [5.74, 6) is 0.275. The molecule has 0 bridgehead atoms. The average Bonchev–Trinajstić information content (AvgIpc) is 3.23. The maximum Gasteiger partial charge on any atom is 0.257 e. The van der Waals surface area contributed by atoms with Crippen molar-refractivity contribution in [2.45, 2.75) is 13.3 Å². The molecule has 8 heteroatoms. The highest BCUT2D eigenvalue weighted by molar-refractivity contribution is 5.95. The normalized spacial score (nSPS) is 13.9. The summed E-state index contributed by atoms with van der Waals surface area (Å²) in [5.41, 5.74) is 2.61. The van der Waals surface area contributed by atoms with Gasteiger partial charge in [-0.1, -0.05) is 6.92 Å². The van der Waals surface area contributed by atoms with Crippen molar-refractivity contribution < 1.29 is 9.18 Å². The van der Waals surface area contributed by atoms with Crippen molar-refractivity contribution in [2.75, 3.05) is 31.1 Å². The molecular weight excluding hydrogens is 383 g/mol. The first-order chi connectivity index (χ1) is 14.6. The summed E-state index contributed by atoms with van der Waals surface area (Å²) in [7, 11) is 0. The summed E-state index contributed by atoms with van der Waals surface area (Å²) >= 11 is 0. The number of pyridine rings is 1. The van der Waals surface area contributed by atoms with Crippen LogP contribution in [0.15, 0.2) is 48.8 Å². The summed E-state index contributed by atoms with van der Waals surface area (Å²) in [6.07, 6.45) is 3.88. The Morgan fingerprint density at radius 2 is 1.90 bits per heavy atom. The molecule has 0 aliphatic carbocycles. The van der Waals surface area contributed by atoms with E-state index in [0.717, 1.165) is 11.4 Å². The second kappa shape index (κ2) is 8.33. The first-order valence-corrected chi connectivity index (χ1v) is 9.84. The number of carbonyl (C=O) groups is 1. The van der Waals surface area contributed by atoms with E-state index in [2.05, 4.69) is 16.2 Å². The van der Waals surface area contributed by atoms with E-state index < -0.39 is 0 Å². The number of halogens is 1. The smallest absolute Gasteiger partial charge is 0.257 e. The lowest BCUT2D eigenvalue weighted by molar-refractivity contribution is 0.0745. The van der Waals surface area contributed by atoms with Crippen LogP contribution in [0.5, 0.6) is 0 Å². The van der Waals surface area contributed by atoms with Gasteiger partial charge in [-0.2, -0.15) is 10.4 Å². The zero-order chi connectivity index (χ0) is 21.1. The van der Waals surface area contributed by atoms with Crippen molar-refractivity contribution in [1.29, 1.82) is 5.26 Å². The minimum absolute atomic E-state index is 0.0682. The molecule has 0 saturated carbocycles. The standard InChI is InChI=1S/C22H21FN6O/c1-2-20-19(15-26-29(20)18-7-5-17(23)6-8-18)22(30)28-12-10-27(11-13-28)21-16(14-24)4-3-9-25-21/h3-9,15H,2,10-13H2,1H3. The van der Waals surface area contributed by atoms with E-state index in [4.69, 9.17) is 0 Å². The van der Waals surface area contributed by atoms with Gasteiger partial charge in [-0.3, -0.25) is 4.79 Å². The van der Waals surface area contributed by atoms with Crippen molar-refractivity contribution >= 4 is 11.7 Å². The Morgan fingerprint density at radius 3 is 2.57 bits per heavy atom. The van der Waals surface area contributed by atoms with E-state index in [0.29, 0.717) is 49.5 Å². The second-order valence-corrected chi connectivity index (χ2v) is 7.01. The van der Waals surface area contributed by atoms with Crippen LogP contribution in [0.2, 0.25) is 0 Å². The van der Waals surface area contributed by atoms with E-state index in [1.165, 1.54) is 12.1 Å². The van der Waals surface area contributed by atoms with Gasteiger partial charge in [0.25, 0.3) is 5.91 Å². The highest BCUT2D eigenvalue weighted by atomic mass is 19.1. The third kappa shape index (κ3) is 3.62. The average molecular weight is 404 g/mol. The molecule has 1 aliphatic heterocycles. The number of amides is 1. The van der Waals surface area contributed by atoms with Crippen LogP contribution < -0.4 is 4.90 Å². The Morgan fingerprint density at radius 1 is 1.17 bits per heavy atom. The predicted octanol–water partition coefficient (Wildman–Crippen LogP) is 2.80. The highest BCUT2D eigenvalue weighted by Crippen LogP contribution is 2.21. The molecule has 1 amide bonds. The minimum atomic E-state index is -0.314. The fourth-order valence-corrected chi connectivity index (χ4v) is 3.73. The summed E-state index contributed by atoms with van der Waals surface area (Å²) in [6.45, 7) is 4.24. The van der Waals surface area contributed by atoms with Crippen LogP contribution in [0.25, 0.3) is 5.69 Å². The molecule has 0 atom stereocenters. The molecule has 2 aromatic heterocycles. The van der Waals surface area contributed by atoms with Crippen LogP contribution in [-0.2, 0) is 6.42 Å². The number of hydrogen-bond acceptors (Lipinski definition) is 5. The second-order valence-electron chi connectivity index (χ2n) is 7.01. The number of piperazine rings is 1. The molecule has 0 unspecified atom stereocenters. The zero-order valence-electron chi connectivity index (χ0n) is 16.6. The van der Waals surface area contributed by atoms with Crippen molar-refractivity contribution in [3.05, 3.63) is 71.4 Å². The Kier molecular flexibility index (Phi) is 5.44. The van der Waals surface area contributed by atoms with Gasteiger partial charge in [0.15, 0.2) is 0 Å². The molecule has 1 aromatic carbocycles. The van der Waals surface area contributed by atoms with Gasteiger partial charge in [0.2, 0.25) is 0 Å². The monoisotopic (exact) mass is 404 g/mol. The molecule has 1 aliphatic rings. The van der Waals surface area contributed by atoms with E-state index in [-0.39, 0.29) is 11.7 Å².